The maximum Gasteiger partial charge on any atom is 0.375 e. The highest BCUT2D eigenvalue weighted by Crippen LogP contribution is 2.25. The van der Waals surface area contributed by atoms with E-state index in [1.807, 2.05) is 0 Å². The molecule has 8 heteroatoms. The van der Waals surface area contributed by atoms with Crippen LogP contribution in [0.15, 0.2) is 27.8 Å². The van der Waals surface area contributed by atoms with Crippen molar-refractivity contribution < 1.29 is 17.9 Å². The van der Waals surface area contributed by atoms with Crippen LogP contribution in [0.5, 0.6) is 0 Å². The summed E-state index contributed by atoms with van der Waals surface area (Å²) in [5.41, 5.74) is 0.262. The van der Waals surface area contributed by atoms with Gasteiger partial charge < -0.3 is 10.1 Å². The number of esters is 1. The Morgan fingerprint density at radius 2 is 2.29 bits per heavy atom. The van der Waals surface area contributed by atoms with Crippen LogP contribution >= 0.6 is 0 Å². The molecule has 2 rings (SSSR count). The molecule has 0 spiro atoms. The lowest BCUT2D eigenvalue weighted by molar-refractivity contribution is -0.135. The lowest BCUT2D eigenvalue weighted by Crippen LogP contribution is -2.30. The highest BCUT2D eigenvalue weighted by molar-refractivity contribution is 7.90. The number of hydrogen-bond donors (Lipinski definition) is 1. The highest BCUT2D eigenvalue weighted by atomic mass is 32.2. The molecular weight excluding hydrogens is 246 g/mol. The summed E-state index contributed by atoms with van der Waals surface area (Å²) in [6.07, 6.45) is 2.58. The lowest BCUT2D eigenvalue weighted by Gasteiger charge is -2.16. The van der Waals surface area contributed by atoms with Crippen LogP contribution in [0.1, 0.15) is 6.92 Å². The van der Waals surface area contributed by atoms with Crippen LogP contribution in [0, 0.1) is 0 Å². The third-order valence-electron chi connectivity index (χ3n) is 2.00. The second-order valence-corrected chi connectivity index (χ2v) is 4.70. The van der Waals surface area contributed by atoms with Crippen LogP contribution < -0.4 is 5.32 Å². The predicted molar refractivity (Wildman–Crippen MR) is 59.1 cm³/mol. The summed E-state index contributed by atoms with van der Waals surface area (Å²) < 4.78 is 31.4. The molecular formula is C9H9N3O4S. The summed E-state index contributed by atoms with van der Waals surface area (Å²) in [6.45, 7) is 1.76. The molecule has 0 atom stereocenters. The van der Waals surface area contributed by atoms with Crippen molar-refractivity contribution in [3.63, 3.8) is 0 Å². The molecule has 0 fully saturated rings. The van der Waals surface area contributed by atoms with Gasteiger partial charge in [-0.2, -0.15) is 8.42 Å². The number of nitrogens with zero attached hydrogens (tertiary/aromatic N) is 2. The van der Waals surface area contributed by atoms with Crippen molar-refractivity contribution in [2.75, 3.05) is 11.9 Å². The molecule has 0 saturated heterocycles. The zero-order valence-electron chi connectivity index (χ0n) is 8.87. The molecule has 2 heterocycles. The Balaban J connectivity index is 2.45. The largest absolute Gasteiger partial charge is 0.460 e. The molecule has 1 aromatic heterocycles. The van der Waals surface area contributed by atoms with Gasteiger partial charge >= 0.3 is 5.97 Å². The number of nitrogens with one attached hydrogen (secondary N) is 1. The number of anilines is 1. The van der Waals surface area contributed by atoms with Gasteiger partial charge in [-0.3, -0.25) is 4.98 Å². The Hall–Kier alpha value is -1.96. The topological polar surface area (TPSA) is 97.7 Å². The van der Waals surface area contributed by atoms with Crippen LogP contribution in [0.25, 0.3) is 0 Å². The van der Waals surface area contributed by atoms with Crippen LogP contribution in [0.3, 0.4) is 0 Å². The van der Waals surface area contributed by atoms with E-state index in [2.05, 4.69) is 19.4 Å². The van der Waals surface area contributed by atoms with Gasteiger partial charge in [0.1, 0.15) is 4.90 Å². The van der Waals surface area contributed by atoms with E-state index in [-0.39, 0.29) is 23.0 Å². The average Bonchev–Trinajstić information content (AvgIpc) is 2.28. The van der Waals surface area contributed by atoms with Crippen molar-refractivity contribution in [2.24, 2.45) is 4.40 Å². The zero-order valence-corrected chi connectivity index (χ0v) is 9.69. The summed E-state index contributed by atoms with van der Waals surface area (Å²) >= 11 is 0. The van der Waals surface area contributed by atoms with Gasteiger partial charge in [0, 0.05) is 12.4 Å². The monoisotopic (exact) mass is 255 g/mol. The minimum absolute atomic E-state index is 0.0620. The van der Waals surface area contributed by atoms with Crippen LogP contribution in [-0.4, -0.2) is 31.8 Å². The van der Waals surface area contributed by atoms with Crippen molar-refractivity contribution in [1.82, 2.24) is 4.98 Å². The van der Waals surface area contributed by atoms with E-state index < -0.39 is 16.0 Å². The van der Waals surface area contributed by atoms with Gasteiger partial charge in [0.25, 0.3) is 10.0 Å². The minimum atomic E-state index is -3.89. The van der Waals surface area contributed by atoms with Crippen molar-refractivity contribution in [3.05, 3.63) is 18.5 Å². The van der Waals surface area contributed by atoms with Gasteiger partial charge in [-0.05, 0) is 13.0 Å². The molecule has 0 aromatic carbocycles. The number of carbonyl (C=O) groups is 1. The van der Waals surface area contributed by atoms with E-state index in [1.54, 1.807) is 6.92 Å². The molecule has 1 N–H and O–H groups in total. The van der Waals surface area contributed by atoms with Gasteiger partial charge in [-0.1, -0.05) is 0 Å². The molecule has 7 nitrogen and oxygen atoms in total. The van der Waals surface area contributed by atoms with E-state index in [9.17, 15) is 13.2 Å². The van der Waals surface area contributed by atoms with Gasteiger partial charge in [-0.15, -0.1) is 4.40 Å². The van der Waals surface area contributed by atoms with Crippen molar-refractivity contribution in [3.8, 4) is 0 Å². The molecule has 0 bridgehead atoms. The number of fused-ring (bicyclic) bond motifs is 1. The molecule has 0 radical (unpaired) electrons. The van der Waals surface area contributed by atoms with Crippen molar-refractivity contribution >= 4 is 27.5 Å². The fraction of sp³-hybridized carbons (Fsp3) is 0.222. The van der Waals surface area contributed by atoms with E-state index >= 15 is 0 Å². The summed E-state index contributed by atoms with van der Waals surface area (Å²) in [5, 5.41) is 2.59. The molecule has 1 aliphatic heterocycles. The SMILES string of the molecule is CCOC(=O)C1=NS(=O)(=O)c2cnccc2N1. The van der Waals surface area contributed by atoms with Crippen LogP contribution in [-0.2, 0) is 19.6 Å². The second kappa shape index (κ2) is 4.13. The van der Waals surface area contributed by atoms with Gasteiger partial charge in [0.2, 0.25) is 5.84 Å². The molecule has 17 heavy (non-hydrogen) atoms. The summed E-state index contributed by atoms with van der Waals surface area (Å²) in [7, 11) is -3.89. The Kier molecular flexibility index (Phi) is 2.80. The van der Waals surface area contributed by atoms with Crippen molar-refractivity contribution in [2.45, 2.75) is 11.8 Å². The van der Waals surface area contributed by atoms with E-state index in [1.165, 1.54) is 18.5 Å². The third kappa shape index (κ3) is 2.11. The fourth-order valence-electron chi connectivity index (χ4n) is 1.30. The van der Waals surface area contributed by atoms with E-state index in [0.29, 0.717) is 0 Å². The first-order valence-corrected chi connectivity index (χ1v) is 6.21. The second-order valence-electron chi connectivity index (χ2n) is 3.13. The Morgan fingerprint density at radius 1 is 1.53 bits per heavy atom. The number of carbonyl (C=O) groups excluding carboxylic acids is 1. The van der Waals surface area contributed by atoms with E-state index in [0.717, 1.165) is 0 Å². The number of sulfonamides is 1. The van der Waals surface area contributed by atoms with Crippen LogP contribution in [0.4, 0.5) is 5.69 Å². The van der Waals surface area contributed by atoms with Crippen LogP contribution in [0.2, 0.25) is 0 Å². The summed E-state index contributed by atoms with van der Waals surface area (Å²) in [6, 6.07) is 1.45. The van der Waals surface area contributed by atoms with Gasteiger partial charge in [0.05, 0.1) is 12.3 Å². The standard InChI is InChI=1S/C9H9N3O4S/c1-2-16-9(13)8-11-6-3-4-10-5-7(6)17(14,15)12-8/h3-5H,2H2,1H3,(H,11,12). The molecule has 0 aliphatic carbocycles. The van der Waals surface area contributed by atoms with Crippen molar-refractivity contribution in [1.29, 1.82) is 0 Å². The number of ether oxygens (including phenoxy) is 1. The normalized spacial score (nSPS) is 16.4. The predicted octanol–water partition coefficient (Wildman–Crippen LogP) is 0.157. The maximum atomic E-state index is 11.7. The average molecular weight is 255 g/mol. The molecule has 1 aliphatic rings. The first kappa shape index (κ1) is 11.5. The smallest absolute Gasteiger partial charge is 0.375 e. The number of amidine groups is 1. The summed E-state index contributed by atoms with van der Waals surface area (Å²) in [5.74, 6) is -1.15. The molecule has 0 amide bonds. The lowest BCUT2D eigenvalue weighted by atomic mass is 10.4. The quantitative estimate of drug-likeness (QED) is 0.756. The Labute approximate surface area is 97.6 Å². The first-order valence-electron chi connectivity index (χ1n) is 4.77. The van der Waals surface area contributed by atoms with Gasteiger partial charge in [-0.25, -0.2) is 4.79 Å². The molecule has 90 valence electrons. The third-order valence-corrected chi connectivity index (χ3v) is 3.30. The fourth-order valence-corrected chi connectivity index (χ4v) is 2.35. The van der Waals surface area contributed by atoms with Gasteiger partial charge in [0.15, 0.2) is 0 Å². The summed E-state index contributed by atoms with van der Waals surface area (Å²) in [4.78, 5) is 15.0. The minimum Gasteiger partial charge on any atom is -0.460 e. The number of rotatable bonds is 2. The maximum absolute atomic E-state index is 11.7. The first-order chi connectivity index (χ1) is 8.04. The molecule has 0 saturated carbocycles. The van der Waals surface area contributed by atoms with E-state index in [4.69, 9.17) is 0 Å². The number of hydrogen-bond acceptors (Lipinski definition) is 6. The highest BCUT2D eigenvalue weighted by Gasteiger charge is 2.28. The molecule has 1 aromatic rings. The number of pyridine rings is 1. The Morgan fingerprint density at radius 3 is 3.00 bits per heavy atom. The Bertz CT molecular complexity index is 594. The number of aromatic nitrogens is 1. The molecule has 0 unspecified atom stereocenters. The zero-order chi connectivity index (χ0) is 12.5.